The Kier molecular flexibility index (Phi) is 8.68. The number of esters is 1. The van der Waals surface area contributed by atoms with E-state index in [1.807, 2.05) is 104 Å². The lowest BCUT2D eigenvalue weighted by Gasteiger charge is -2.28. The van der Waals surface area contributed by atoms with Crippen molar-refractivity contribution in [1.82, 2.24) is 0 Å². The van der Waals surface area contributed by atoms with Gasteiger partial charge >= 0.3 is 5.97 Å². The van der Waals surface area contributed by atoms with Gasteiger partial charge in [0.05, 0.1) is 6.26 Å². The molecule has 3 nitrogen and oxygen atoms in total. The van der Waals surface area contributed by atoms with Gasteiger partial charge in [0.1, 0.15) is 12.0 Å². The first-order valence-corrected chi connectivity index (χ1v) is 10.8. The number of carbonyl (C=O) groups excluding carboxylic acids is 1. The van der Waals surface area contributed by atoms with Crippen LogP contribution in [0.1, 0.15) is 23.6 Å². The molecule has 0 saturated carbocycles. The van der Waals surface area contributed by atoms with E-state index in [0.717, 1.165) is 23.0 Å². The molecule has 29 heavy (non-hydrogen) atoms. The van der Waals surface area contributed by atoms with Crippen molar-refractivity contribution >= 4 is 27.5 Å². The third-order valence-electron chi connectivity index (χ3n) is 4.77. The van der Waals surface area contributed by atoms with Crippen LogP contribution >= 0.6 is 15.9 Å². The highest BCUT2D eigenvalue weighted by atomic mass is 79.9. The second kappa shape index (κ2) is 11.2. The van der Waals surface area contributed by atoms with Crippen LogP contribution in [-0.2, 0) is 14.9 Å². The van der Waals surface area contributed by atoms with Gasteiger partial charge in [-0.2, -0.15) is 0 Å². The molecule has 0 aliphatic rings. The van der Waals surface area contributed by atoms with E-state index in [2.05, 4.69) is 15.9 Å². The Balaban J connectivity index is 0.00000145. The number of rotatable bonds is 6. The molecule has 150 valence electrons. The summed E-state index contributed by atoms with van der Waals surface area (Å²) in [5.41, 5.74) is 2.13. The van der Waals surface area contributed by atoms with E-state index in [4.69, 9.17) is 4.74 Å². The molecule has 0 heterocycles. The van der Waals surface area contributed by atoms with E-state index in [0.29, 0.717) is 5.57 Å². The normalized spacial score (nSPS) is 11.2. The van der Waals surface area contributed by atoms with Crippen LogP contribution in [0.4, 0.5) is 0 Å². The molecule has 1 N–H and O–H groups in total. The lowest BCUT2D eigenvalue weighted by molar-refractivity contribution is -0.146. The predicted molar refractivity (Wildman–Crippen MR) is 122 cm³/mol. The van der Waals surface area contributed by atoms with Gasteiger partial charge in [0, 0.05) is 5.57 Å². The average Bonchev–Trinajstić information content (AvgIpc) is 2.82. The lowest BCUT2D eigenvalue weighted by Crippen LogP contribution is -2.36. The van der Waals surface area contributed by atoms with Crippen LogP contribution in [0.2, 0.25) is 0 Å². The highest BCUT2D eigenvalue weighted by Gasteiger charge is 2.38. The third kappa shape index (κ3) is 5.36. The first-order valence-electron chi connectivity index (χ1n) is 9.21. The number of aliphatic hydroxyl groups is 1. The molecule has 3 aromatic rings. The zero-order chi connectivity index (χ0) is 21.1. The number of ether oxygens (including phenoxy) is 1. The van der Waals surface area contributed by atoms with Crippen LogP contribution in [0.5, 0.6) is 0 Å². The van der Waals surface area contributed by atoms with Crippen LogP contribution in [0.3, 0.4) is 0 Å². The topological polar surface area (TPSA) is 46.5 Å². The van der Waals surface area contributed by atoms with Crippen molar-refractivity contribution in [2.45, 2.75) is 12.3 Å². The zero-order valence-electron chi connectivity index (χ0n) is 16.6. The van der Waals surface area contributed by atoms with Gasteiger partial charge in [0.25, 0.3) is 0 Å². The fourth-order valence-corrected chi connectivity index (χ4v) is 3.08. The Morgan fingerprint density at radius 1 is 0.862 bits per heavy atom. The van der Waals surface area contributed by atoms with Crippen LogP contribution in [-0.4, -0.2) is 23.5 Å². The van der Waals surface area contributed by atoms with E-state index in [1.165, 1.54) is 0 Å². The minimum Gasteiger partial charge on any atom is -0.515 e. The van der Waals surface area contributed by atoms with Crippen LogP contribution < -0.4 is 0 Å². The Morgan fingerprint density at radius 2 is 1.28 bits per heavy atom. The average molecular weight is 453 g/mol. The zero-order valence-corrected chi connectivity index (χ0v) is 18.2. The van der Waals surface area contributed by atoms with E-state index >= 15 is 0 Å². The highest BCUT2D eigenvalue weighted by molar-refractivity contribution is 9.08. The Hall–Kier alpha value is -2.85. The number of carbonyl (C=O) groups is 1. The van der Waals surface area contributed by atoms with E-state index in [1.54, 1.807) is 0 Å². The summed E-state index contributed by atoms with van der Waals surface area (Å²) in [6.07, 6.45) is 0.991. The molecule has 0 unspecified atom stereocenters. The summed E-state index contributed by atoms with van der Waals surface area (Å²) in [4.78, 5) is 13.2. The maximum Gasteiger partial charge on any atom is 0.321 e. The maximum absolute atomic E-state index is 13.2. The quantitative estimate of drug-likeness (QED) is 0.277. The first kappa shape index (κ1) is 22.4. The molecule has 0 radical (unpaired) electrons. The number of hydrogen-bond donors (Lipinski definition) is 1. The SMILES string of the molecule is CBr.CC(C(=O)OC/C(=C/O)c1ccccc1)(c1ccccc1)c1ccccc1. The number of hydrogen-bond acceptors (Lipinski definition) is 3. The third-order valence-corrected chi connectivity index (χ3v) is 4.77. The van der Waals surface area contributed by atoms with Crippen LogP contribution in [0, 0.1) is 0 Å². The van der Waals surface area contributed by atoms with Crippen molar-refractivity contribution < 1.29 is 14.6 Å². The van der Waals surface area contributed by atoms with Gasteiger partial charge in [-0.1, -0.05) is 107 Å². The summed E-state index contributed by atoms with van der Waals surface area (Å²) in [6, 6.07) is 28.5. The molecule has 0 bridgehead atoms. The van der Waals surface area contributed by atoms with Crippen molar-refractivity contribution in [3.8, 4) is 0 Å². The number of benzene rings is 3. The van der Waals surface area contributed by atoms with Crippen molar-refractivity contribution in [3.05, 3.63) is 114 Å². The molecule has 0 saturated heterocycles. The van der Waals surface area contributed by atoms with Crippen molar-refractivity contribution in [3.63, 3.8) is 0 Å². The molecule has 0 atom stereocenters. The van der Waals surface area contributed by atoms with Crippen molar-refractivity contribution in [2.75, 3.05) is 12.4 Å². The Bertz CT molecular complexity index is 867. The summed E-state index contributed by atoms with van der Waals surface area (Å²) in [5, 5.41) is 9.58. The summed E-state index contributed by atoms with van der Waals surface area (Å²) in [5.74, 6) is 1.45. The van der Waals surface area contributed by atoms with Crippen LogP contribution in [0.15, 0.2) is 97.3 Å². The number of halogens is 1. The Morgan fingerprint density at radius 3 is 1.69 bits per heavy atom. The molecule has 0 aliphatic carbocycles. The smallest absolute Gasteiger partial charge is 0.321 e. The second-order valence-electron chi connectivity index (χ2n) is 6.45. The molecule has 3 rings (SSSR count). The molecule has 0 aliphatic heterocycles. The minimum atomic E-state index is -0.945. The molecular weight excluding hydrogens is 428 g/mol. The monoisotopic (exact) mass is 452 g/mol. The first-order chi connectivity index (χ1) is 14.2. The molecule has 0 aromatic heterocycles. The summed E-state index contributed by atoms with van der Waals surface area (Å²) in [7, 11) is 0. The molecule has 0 fully saturated rings. The van der Waals surface area contributed by atoms with Gasteiger partial charge in [0.15, 0.2) is 0 Å². The highest BCUT2D eigenvalue weighted by Crippen LogP contribution is 2.33. The van der Waals surface area contributed by atoms with Gasteiger partial charge in [0.2, 0.25) is 0 Å². The molecule has 3 aromatic carbocycles. The van der Waals surface area contributed by atoms with Crippen molar-refractivity contribution in [2.24, 2.45) is 0 Å². The molecule has 4 heteroatoms. The summed E-state index contributed by atoms with van der Waals surface area (Å²) in [6.45, 7) is 1.86. The lowest BCUT2D eigenvalue weighted by atomic mass is 9.76. The van der Waals surface area contributed by atoms with E-state index < -0.39 is 5.41 Å². The van der Waals surface area contributed by atoms with Gasteiger partial charge in [-0.25, -0.2) is 0 Å². The van der Waals surface area contributed by atoms with E-state index in [9.17, 15) is 9.90 Å². The number of alkyl halides is 1. The number of aliphatic hydroxyl groups excluding tert-OH is 1. The van der Waals surface area contributed by atoms with Gasteiger partial charge in [-0.15, -0.1) is 0 Å². The standard InChI is InChI=1S/C24H22O3.CH3Br/c1-24(21-13-7-3-8-14-21,22-15-9-4-10-16-22)23(26)27-18-20(17-25)19-11-5-2-6-12-19;1-2/h2-17,25H,18H2,1H3;1H3/b20-17-;. The van der Waals surface area contributed by atoms with Gasteiger partial charge in [-0.3, -0.25) is 4.79 Å². The van der Waals surface area contributed by atoms with Gasteiger partial charge < -0.3 is 9.84 Å². The fourth-order valence-electron chi connectivity index (χ4n) is 3.08. The largest absolute Gasteiger partial charge is 0.515 e. The Labute approximate surface area is 180 Å². The maximum atomic E-state index is 13.2. The molecule has 0 amide bonds. The van der Waals surface area contributed by atoms with Crippen LogP contribution in [0.25, 0.3) is 5.57 Å². The van der Waals surface area contributed by atoms with Crippen molar-refractivity contribution in [1.29, 1.82) is 0 Å². The summed E-state index contributed by atoms with van der Waals surface area (Å²) >= 11 is 2.94. The minimum absolute atomic E-state index is 0.00535. The summed E-state index contributed by atoms with van der Waals surface area (Å²) < 4.78 is 5.66. The predicted octanol–water partition coefficient (Wildman–Crippen LogP) is 6.15. The molecular formula is C25H25BrO3. The fraction of sp³-hybridized carbons (Fsp3) is 0.160. The van der Waals surface area contributed by atoms with E-state index in [-0.39, 0.29) is 12.6 Å². The molecule has 0 spiro atoms. The van der Waals surface area contributed by atoms with Gasteiger partial charge in [-0.05, 0) is 29.4 Å². The second-order valence-corrected chi connectivity index (χ2v) is 6.45.